The molecule has 1 heterocycles. The number of hydrogen-bond acceptors (Lipinski definition) is 3. The smallest absolute Gasteiger partial charge is 0.267 e. The third kappa shape index (κ3) is 3.83. The van der Waals surface area contributed by atoms with Crippen molar-refractivity contribution in [3.63, 3.8) is 0 Å². The van der Waals surface area contributed by atoms with Gasteiger partial charge in [0.2, 0.25) is 0 Å². The Morgan fingerprint density at radius 1 is 1.15 bits per heavy atom. The molecule has 0 saturated carbocycles. The van der Waals surface area contributed by atoms with Crippen LogP contribution in [0.2, 0.25) is 0 Å². The van der Waals surface area contributed by atoms with Crippen molar-refractivity contribution >= 4 is 32.7 Å². The molecule has 0 aliphatic carbocycles. The molecule has 0 radical (unpaired) electrons. The molecule has 2 aromatic carbocycles. The first-order chi connectivity index (χ1) is 12.5. The van der Waals surface area contributed by atoms with Crippen molar-refractivity contribution in [1.82, 2.24) is 10.3 Å². The van der Waals surface area contributed by atoms with Crippen LogP contribution in [0.1, 0.15) is 16.1 Å². The van der Waals surface area contributed by atoms with Crippen LogP contribution in [0.4, 0.5) is 4.39 Å². The van der Waals surface area contributed by atoms with Crippen LogP contribution in [0.15, 0.2) is 40.9 Å². The lowest BCUT2D eigenvalue weighted by Crippen LogP contribution is -2.26. The van der Waals surface area contributed by atoms with Crippen molar-refractivity contribution in [1.29, 1.82) is 0 Å². The summed E-state index contributed by atoms with van der Waals surface area (Å²) < 4.78 is 24.7. The third-order valence-corrected chi connectivity index (χ3v) is 4.80. The fourth-order valence-corrected chi connectivity index (χ4v) is 3.24. The highest BCUT2D eigenvalue weighted by Crippen LogP contribution is 2.33. The number of carbonyl (C=O) groups excluding carboxylic acids is 1. The second-order valence-corrected chi connectivity index (χ2v) is 6.57. The SMILES string of the molecule is COc1cc(Br)c(CCNC(=O)c2cc3cc(F)ccc3[nH]2)cc1OC. The van der Waals surface area contributed by atoms with Crippen molar-refractivity contribution in [3.05, 3.63) is 57.9 Å². The van der Waals surface area contributed by atoms with Gasteiger partial charge in [-0.05, 0) is 48.4 Å². The minimum absolute atomic E-state index is 0.238. The predicted octanol–water partition coefficient (Wildman–Crippen LogP) is 4.06. The number of carbonyl (C=O) groups is 1. The number of hydrogen-bond donors (Lipinski definition) is 2. The lowest BCUT2D eigenvalue weighted by molar-refractivity contribution is 0.0950. The van der Waals surface area contributed by atoms with Gasteiger partial charge in [-0.15, -0.1) is 0 Å². The maximum absolute atomic E-state index is 13.3. The van der Waals surface area contributed by atoms with Crippen LogP contribution >= 0.6 is 15.9 Å². The van der Waals surface area contributed by atoms with Gasteiger partial charge in [-0.1, -0.05) is 15.9 Å². The number of H-pyrrole nitrogens is 1. The van der Waals surface area contributed by atoms with Crippen molar-refractivity contribution in [2.24, 2.45) is 0 Å². The van der Waals surface area contributed by atoms with Gasteiger partial charge >= 0.3 is 0 Å². The molecule has 1 aromatic heterocycles. The van der Waals surface area contributed by atoms with Crippen LogP contribution in [0.3, 0.4) is 0 Å². The molecule has 26 heavy (non-hydrogen) atoms. The molecular weight excluding hydrogens is 403 g/mol. The number of aromatic amines is 1. The second kappa shape index (κ2) is 7.78. The maximum atomic E-state index is 13.3. The molecular formula is C19H18BrFN2O3. The monoisotopic (exact) mass is 420 g/mol. The minimum Gasteiger partial charge on any atom is -0.493 e. The highest BCUT2D eigenvalue weighted by Gasteiger charge is 2.12. The summed E-state index contributed by atoms with van der Waals surface area (Å²) in [6.45, 7) is 0.441. The fraction of sp³-hybridized carbons (Fsp3) is 0.211. The van der Waals surface area contributed by atoms with Crippen molar-refractivity contribution < 1.29 is 18.7 Å². The van der Waals surface area contributed by atoms with E-state index < -0.39 is 0 Å². The zero-order valence-electron chi connectivity index (χ0n) is 14.4. The van der Waals surface area contributed by atoms with Gasteiger partial charge in [0, 0.05) is 21.9 Å². The lowest BCUT2D eigenvalue weighted by Gasteiger charge is -2.12. The molecule has 0 bridgehead atoms. The van der Waals surface area contributed by atoms with E-state index >= 15 is 0 Å². The highest BCUT2D eigenvalue weighted by atomic mass is 79.9. The van der Waals surface area contributed by atoms with E-state index in [0.717, 1.165) is 15.6 Å². The summed E-state index contributed by atoms with van der Waals surface area (Å²) in [4.78, 5) is 15.3. The Morgan fingerprint density at radius 2 is 1.88 bits per heavy atom. The van der Waals surface area contributed by atoms with Gasteiger partial charge < -0.3 is 19.8 Å². The number of nitrogens with one attached hydrogen (secondary N) is 2. The highest BCUT2D eigenvalue weighted by molar-refractivity contribution is 9.10. The van der Waals surface area contributed by atoms with Crippen molar-refractivity contribution in [3.8, 4) is 11.5 Å². The van der Waals surface area contributed by atoms with Crippen LogP contribution in [0.5, 0.6) is 11.5 Å². The Kier molecular flexibility index (Phi) is 5.46. The molecule has 0 atom stereocenters. The van der Waals surface area contributed by atoms with E-state index in [9.17, 15) is 9.18 Å². The molecule has 5 nitrogen and oxygen atoms in total. The lowest BCUT2D eigenvalue weighted by atomic mass is 10.1. The van der Waals surface area contributed by atoms with Crippen molar-refractivity contribution in [2.45, 2.75) is 6.42 Å². The van der Waals surface area contributed by atoms with Gasteiger partial charge in [-0.2, -0.15) is 0 Å². The first-order valence-corrected chi connectivity index (χ1v) is 8.78. The average Bonchev–Trinajstić information content (AvgIpc) is 3.05. The van der Waals surface area contributed by atoms with Crippen LogP contribution in [-0.2, 0) is 6.42 Å². The predicted molar refractivity (Wildman–Crippen MR) is 102 cm³/mol. The molecule has 136 valence electrons. The molecule has 0 spiro atoms. The molecule has 2 N–H and O–H groups in total. The zero-order valence-corrected chi connectivity index (χ0v) is 15.9. The Morgan fingerprint density at radius 3 is 2.62 bits per heavy atom. The summed E-state index contributed by atoms with van der Waals surface area (Å²) >= 11 is 3.50. The van der Waals surface area contributed by atoms with E-state index in [1.54, 1.807) is 26.4 Å². The Labute approximate surface area is 158 Å². The Bertz CT molecular complexity index is 955. The number of ether oxygens (including phenoxy) is 2. The van der Waals surface area contributed by atoms with E-state index in [1.807, 2.05) is 12.1 Å². The van der Waals surface area contributed by atoms with Crippen molar-refractivity contribution in [2.75, 3.05) is 20.8 Å². The van der Waals surface area contributed by atoms with Gasteiger partial charge in [0.25, 0.3) is 5.91 Å². The normalized spacial score (nSPS) is 10.8. The number of amides is 1. The summed E-state index contributed by atoms with van der Waals surface area (Å²) in [6, 6.07) is 9.71. The molecule has 3 aromatic rings. The number of fused-ring (bicyclic) bond motifs is 1. The molecule has 0 saturated heterocycles. The van der Waals surface area contributed by atoms with Gasteiger partial charge in [0.15, 0.2) is 11.5 Å². The maximum Gasteiger partial charge on any atom is 0.267 e. The quantitative estimate of drug-likeness (QED) is 0.631. The standard InChI is InChI=1S/C19H18BrFN2O3/c1-25-17-9-11(14(20)10-18(17)26-2)5-6-22-19(24)16-8-12-7-13(21)3-4-15(12)23-16/h3-4,7-10,23H,5-6H2,1-2H3,(H,22,24). The first-order valence-electron chi connectivity index (χ1n) is 7.98. The van der Waals surface area contributed by atoms with Crippen LogP contribution in [0, 0.1) is 5.82 Å². The molecule has 0 aliphatic heterocycles. The van der Waals surface area contributed by atoms with Crippen LogP contribution < -0.4 is 14.8 Å². The summed E-state index contributed by atoms with van der Waals surface area (Å²) in [5.74, 6) is 0.701. The zero-order chi connectivity index (χ0) is 18.7. The summed E-state index contributed by atoms with van der Waals surface area (Å²) in [5, 5.41) is 3.52. The first kappa shape index (κ1) is 18.3. The molecule has 0 aliphatic rings. The number of methoxy groups -OCH3 is 2. The number of aromatic nitrogens is 1. The number of benzene rings is 2. The van der Waals surface area contributed by atoms with Gasteiger partial charge in [-0.25, -0.2) is 4.39 Å². The van der Waals surface area contributed by atoms with Crippen LogP contribution in [-0.4, -0.2) is 31.7 Å². The van der Waals surface area contributed by atoms with E-state index in [2.05, 4.69) is 26.2 Å². The average molecular weight is 421 g/mol. The van der Waals surface area contributed by atoms with Gasteiger partial charge in [0.05, 0.1) is 14.2 Å². The number of halogens is 2. The minimum atomic E-state index is -0.332. The van der Waals surface area contributed by atoms with E-state index in [-0.39, 0.29) is 11.7 Å². The largest absolute Gasteiger partial charge is 0.493 e. The molecule has 0 unspecified atom stereocenters. The third-order valence-electron chi connectivity index (χ3n) is 4.06. The molecule has 3 rings (SSSR count). The Balaban J connectivity index is 1.66. The molecule has 0 fully saturated rings. The molecule has 1 amide bonds. The summed E-state index contributed by atoms with van der Waals surface area (Å²) in [5.41, 5.74) is 2.11. The molecule has 7 heteroatoms. The fourth-order valence-electron chi connectivity index (χ4n) is 2.72. The van der Waals surface area contributed by atoms with E-state index in [4.69, 9.17) is 9.47 Å². The second-order valence-electron chi connectivity index (χ2n) is 5.72. The Hall–Kier alpha value is -2.54. The van der Waals surface area contributed by atoms with Gasteiger partial charge in [0.1, 0.15) is 11.5 Å². The van der Waals surface area contributed by atoms with E-state index in [1.165, 1.54) is 12.1 Å². The van der Waals surface area contributed by atoms with Gasteiger partial charge in [-0.3, -0.25) is 4.79 Å². The van der Waals surface area contributed by atoms with Crippen LogP contribution in [0.25, 0.3) is 10.9 Å². The topological polar surface area (TPSA) is 63.3 Å². The summed E-state index contributed by atoms with van der Waals surface area (Å²) in [6.07, 6.45) is 0.613. The van der Waals surface area contributed by atoms with E-state index in [0.29, 0.717) is 35.5 Å². The number of rotatable bonds is 6. The summed E-state index contributed by atoms with van der Waals surface area (Å²) in [7, 11) is 3.16.